The smallest absolute Gasteiger partial charge is 0.277 e. The molecular formula is C18H13N5O2S2. The van der Waals surface area contributed by atoms with Gasteiger partial charge in [0.05, 0.1) is 5.75 Å². The molecule has 0 atom stereocenters. The van der Waals surface area contributed by atoms with Gasteiger partial charge in [0, 0.05) is 22.7 Å². The Morgan fingerprint density at radius 3 is 2.44 bits per heavy atom. The van der Waals surface area contributed by atoms with E-state index in [2.05, 4.69) is 24.9 Å². The Hall–Kier alpha value is -3.04. The number of amides is 1. The number of carbonyl (C=O) groups excluding carboxylic acids is 1. The molecule has 0 bridgehead atoms. The van der Waals surface area contributed by atoms with Gasteiger partial charge in [-0.2, -0.15) is 9.36 Å². The highest BCUT2D eigenvalue weighted by Crippen LogP contribution is 2.24. The monoisotopic (exact) mass is 395 g/mol. The van der Waals surface area contributed by atoms with E-state index < -0.39 is 0 Å². The number of carbonyl (C=O) groups is 1. The second-order valence-corrected chi connectivity index (χ2v) is 7.04. The number of nitrogens with one attached hydrogen (secondary N) is 1. The molecular weight excluding hydrogens is 382 g/mol. The van der Waals surface area contributed by atoms with E-state index in [-0.39, 0.29) is 11.7 Å². The summed E-state index contributed by atoms with van der Waals surface area (Å²) in [5, 5.41) is 11.5. The molecule has 0 aliphatic heterocycles. The predicted octanol–water partition coefficient (Wildman–Crippen LogP) is 3.99. The van der Waals surface area contributed by atoms with E-state index in [1.165, 1.54) is 11.8 Å². The first-order valence-corrected chi connectivity index (χ1v) is 9.74. The summed E-state index contributed by atoms with van der Waals surface area (Å²) in [5.74, 6) is 0.940. The van der Waals surface area contributed by atoms with Crippen LogP contribution in [0.1, 0.15) is 0 Å². The zero-order chi connectivity index (χ0) is 18.5. The van der Waals surface area contributed by atoms with E-state index in [0.717, 1.165) is 22.7 Å². The third-order valence-electron chi connectivity index (χ3n) is 3.46. The number of benzene rings is 2. The molecule has 0 saturated carbocycles. The van der Waals surface area contributed by atoms with Crippen molar-refractivity contribution in [2.45, 2.75) is 5.22 Å². The summed E-state index contributed by atoms with van der Waals surface area (Å²) in [7, 11) is 0. The van der Waals surface area contributed by atoms with Crippen LogP contribution >= 0.6 is 23.3 Å². The van der Waals surface area contributed by atoms with Gasteiger partial charge in [-0.25, -0.2) is 0 Å². The summed E-state index contributed by atoms with van der Waals surface area (Å²) in [5.41, 5.74) is 1.74. The van der Waals surface area contributed by atoms with Gasteiger partial charge in [0.2, 0.25) is 16.9 Å². The van der Waals surface area contributed by atoms with E-state index in [0.29, 0.717) is 22.1 Å². The Labute approximate surface area is 163 Å². The second kappa shape index (κ2) is 8.11. The summed E-state index contributed by atoms with van der Waals surface area (Å²) in [6, 6.07) is 19.1. The average Bonchev–Trinajstić information content (AvgIpc) is 3.37. The van der Waals surface area contributed by atoms with Gasteiger partial charge < -0.3 is 4.42 Å². The first-order valence-electron chi connectivity index (χ1n) is 7.98. The molecule has 134 valence electrons. The second-order valence-electron chi connectivity index (χ2n) is 5.37. The van der Waals surface area contributed by atoms with Crippen molar-refractivity contribution in [1.29, 1.82) is 0 Å². The van der Waals surface area contributed by atoms with Crippen molar-refractivity contribution in [2.75, 3.05) is 11.1 Å². The zero-order valence-corrected chi connectivity index (χ0v) is 15.5. The molecule has 1 amide bonds. The molecule has 0 aliphatic carbocycles. The van der Waals surface area contributed by atoms with Crippen LogP contribution in [0.3, 0.4) is 0 Å². The molecule has 2 heterocycles. The van der Waals surface area contributed by atoms with Crippen molar-refractivity contribution >= 4 is 34.3 Å². The molecule has 2 aromatic heterocycles. The number of nitrogens with zero attached hydrogens (tertiary/aromatic N) is 4. The molecule has 0 radical (unpaired) electrons. The fourth-order valence-corrected chi connectivity index (χ4v) is 3.40. The van der Waals surface area contributed by atoms with Gasteiger partial charge in [-0.05, 0) is 12.1 Å². The highest BCUT2D eigenvalue weighted by molar-refractivity contribution is 7.99. The maximum Gasteiger partial charge on any atom is 0.277 e. The van der Waals surface area contributed by atoms with Crippen molar-refractivity contribution in [3.63, 3.8) is 0 Å². The molecule has 1 N–H and O–H groups in total. The Balaban J connectivity index is 1.33. The van der Waals surface area contributed by atoms with Crippen LogP contribution in [0.25, 0.3) is 22.8 Å². The van der Waals surface area contributed by atoms with Crippen molar-refractivity contribution in [3.05, 3.63) is 60.7 Å². The van der Waals surface area contributed by atoms with E-state index in [9.17, 15) is 4.79 Å². The molecule has 0 aliphatic rings. The molecule has 0 saturated heterocycles. The largest absolute Gasteiger partial charge is 0.411 e. The fourth-order valence-electron chi connectivity index (χ4n) is 2.23. The summed E-state index contributed by atoms with van der Waals surface area (Å²) in [6.45, 7) is 0. The van der Waals surface area contributed by atoms with Crippen LogP contribution in [0.5, 0.6) is 0 Å². The minimum absolute atomic E-state index is 0.136. The topological polar surface area (TPSA) is 93.8 Å². The minimum atomic E-state index is -0.213. The summed E-state index contributed by atoms with van der Waals surface area (Å²) < 4.78 is 9.83. The van der Waals surface area contributed by atoms with Gasteiger partial charge in [-0.3, -0.25) is 10.1 Å². The lowest BCUT2D eigenvalue weighted by Crippen LogP contribution is -2.13. The lowest BCUT2D eigenvalue weighted by atomic mass is 10.2. The average molecular weight is 395 g/mol. The molecule has 4 aromatic rings. The number of aromatic nitrogens is 4. The summed E-state index contributed by atoms with van der Waals surface area (Å²) in [6.07, 6.45) is 0. The third kappa shape index (κ3) is 4.39. The normalized spacial score (nSPS) is 10.7. The standard InChI is InChI=1S/C18H13N5O2S2/c24-14(19-17-20-15(23-27-17)12-7-3-1-4-8-12)11-26-18-22-21-16(25-18)13-9-5-2-6-10-13/h1-10H,11H2,(H,19,20,23,24). The number of rotatable bonds is 6. The van der Waals surface area contributed by atoms with Crippen LogP contribution in [-0.2, 0) is 4.79 Å². The molecule has 27 heavy (non-hydrogen) atoms. The van der Waals surface area contributed by atoms with Gasteiger partial charge in [-0.15, -0.1) is 10.2 Å². The highest BCUT2D eigenvalue weighted by atomic mass is 32.2. The van der Waals surface area contributed by atoms with Gasteiger partial charge in [0.15, 0.2) is 5.82 Å². The molecule has 0 fully saturated rings. The first kappa shape index (κ1) is 17.4. The Kier molecular flexibility index (Phi) is 5.22. The Morgan fingerprint density at radius 2 is 1.70 bits per heavy atom. The van der Waals surface area contributed by atoms with Gasteiger partial charge in [0.25, 0.3) is 5.22 Å². The Morgan fingerprint density at radius 1 is 1.00 bits per heavy atom. The first-order chi connectivity index (χ1) is 13.3. The SMILES string of the molecule is O=C(CSc1nnc(-c2ccccc2)o1)Nc1nc(-c2ccccc2)ns1. The van der Waals surface area contributed by atoms with E-state index in [4.69, 9.17) is 4.42 Å². The van der Waals surface area contributed by atoms with Gasteiger partial charge >= 0.3 is 0 Å². The van der Waals surface area contributed by atoms with Crippen LogP contribution in [0, 0.1) is 0 Å². The number of anilines is 1. The zero-order valence-electron chi connectivity index (χ0n) is 13.9. The van der Waals surface area contributed by atoms with Crippen LogP contribution in [-0.4, -0.2) is 31.2 Å². The molecule has 2 aromatic carbocycles. The van der Waals surface area contributed by atoms with Crippen molar-refractivity contribution in [3.8, 4) is 22.8 Å². The van der Waals surface area contributed by atoms with Crippen molar-refractivity contribution in [2.24, 2.45) is 0 Å². The van der Waals surface area contributed by atoms with Gasteiger partial charge in [-0.1, -0.05) is 60.3 Å². The molecule has 9 heteroatoms. The quantitative estimate of drug-likeness (QED) is 0.493. The maximum absolute atomic E-state index is 12.1. The van der Waals surface area contributed by atoms with Crippen LogP contribution < -0.4 is 5.32 Å². The molecule has 0 spiro atoms. The van der Waals surface area contributed by atoms with Crippen molar-refractivity contribution in [1.82, 2.24) is 19.6 Å². The lowest BCUT2D eigenvalue weighted by molar-refractivity contribution is -0.113. The fraction of sp³-hybridized carbons (Fsp3) is 0.0556. The minimum Gasteiger partial charge on any atom is -0.411 e. The number of hydrogen-bond acceptors (Lipinski definition) is 8. The van der Waals surface area contributed by atoms with Crippen LogP contribution in [0.15, 0.2) is 70.3 Å². The number of hydrogen-bond donors (Lipinski definition) is 1. The molecule has 7 nitrogen and oxygen atoms in total. The highest BCUT2D eigenvalue weighted by Gasteiger charge is 2.13. The van der Waals surface area contributed by atoms with Crippen molar-refractivity contribution < 1.29 is 9.21 Å². The lowest BCUT2D eigenvalue weighted by Gasteiger charge is -1.98. The van der Waals surface area contributed by atoms with Gasteiger partial charge in [0.1, 0.15) is 0 Å². The predicted molar refractivity (Wildman–Crippen MR) is 104 cm³/mol. The van der Waals surface area contributed by atoms with Crippen LogP contribution in [0.4, 0.5) is 5.13 Å². The molecule has 0 unspecified atom stereocenters. The summed E-state index contributed by atoms with van der Waals surface area (Å²) in [4.78, 5) is 16.5. The maximum atomic E-state index is 12.1. The van der Waals surface area contributed by atoms with E-state index >= 15 is 0 Å². The third-order valence-corrected chi connectivity index (χ3v) is 4.91. The summed E-state index contributed by atoms with van der Waals surface area (Å²) >= 11 is 2.31. The Bertz CT molecular complexity index is 1030. The van der Waals surface area contributed by atoms with E-state index in [1.54, 1.807) is 0 Å². The van der Waals surface area contributed by atoms with E-state index in [1.807, 2.05) is 60.7 Å². The number of thioether (sulfide) groups is 1. The van der Waals surface area contributed by atoms with Crippen LogP contribution in [0.2, 0.25) is 0 Å². The molecule has 4 rings (SSSR count).